The molecule has 10 heteroatoms. The molecule has 0 saturated carbocycles. The predicted molar refractivity (Wildman–Crippen MR) is 125 cm³/mol. The summed E-state index contributed by atoms with van der Waals surface area (Å²) in [5.41, 5.74) is 4.79. The maximum atomic E-state index is 13.2. The molecule has 1 saturated heterocycles. The van der Waals surface area contributed by atoms with Gasteiger partial charge in [0.05, 0.1) is 11.8 Å². The maximum Gasteiger partial charge on any atom is 0.330 e. The van der Waals surface area contributed by atoms with Crippen LogP contribution in [0.2, 0.25) is 0 Å². The van der Waals surface area contributed by atoms with Crippen LogP contribution in [-0.4, -0.2) is 45.3 Å². The normalized spacial score (nSPS) is 19.9. The average Bonchev–Trinajstić information content (AvgIpc) is 3.01. The number of carbonyl (C=O) groups is 3. The molecule has 3 rings (SSSR count). The number of allylic oxidation sites excluding steroid dienone is 2. The Bertz CT molecular complexity index is 1040. The summed E-state index contributed by atoms with van der Waals surface area (Å²) in [7, 11) is 0. The van der Waals surface area contributed by atoms with E-state index in [-0.39, 0.29) is 60.6 Å². The van der Waals surface area contributed by atoms with Gasteiger partial charge in [-0.1, -0.05) is 39.3 Å². The molecule has 33 heavy (non-hydrogen) atoms. The van der Waals surface area contributed by atoms with Gasteiger partial charge in [-0.25, -0.2) is 4.79 Å². The van der Waals surface area contributed by atoms with Crippen LogP contribution in [0.15, 0.2) is 21.7 Å². The van der Waals surface area contributed by atoms with Gasteiger partial charge in [-0.05, 0) is 25.2 Å². The molecule has 1 aromatic rings. The zero-order chi connectivity index (χ0) is 24.3. The zero-order valence-corrected chi connectivity index (χ0v) is 19.5. The van der Waals surface area contributed by atoms with Crippen molar-refractivity contribution in [2.75, 3.05) is 23.7 Å². The van der Waals surface area contributed by atoms with E-state index in [9.17, 15) is 24.0 Å². The number of nitrogens with zero attached hydrogens (tertiary/aromatic N) is 3. The maximum absolute atomic E-state index is 13.2. The molecule has 0 radical (unpaired) electrons. The third kappa shape index (κ3) is 4.94. The minimum absolute atomic E-state index is 0.00719. The van der Waals surface area contributed by atoms with Gasteiger partial charge in [0.2, 0.25) is 17.7 Å². The molecule has 0 bridgehead atoms. The number of H-pyrrole nitrogens is 1. The number of rotatable bonds is 9. The SMILES string of the molecule is CCCCn1c(N)c(N(CC(C)C)C(=O)CCN2C(=O)[C@H]3CC=CC[C@H]3C2=O)c(=O)[nH]c1=O. The number of imide groups is 1. The van der Waals surface area contributed by atoms with Crippen molar-refractivity contribution in [3.63, 3.8) is 0 Å². The van der Waals surface area contributed by atoms with E-state index >= 15 is 0 Å². The molecule has 3 amide bonds. The van der Waals surface area contributed by atoms with Gasteiger partial charge in [0.15, 0.2) is 5.69 Å². The minimum Gasteiger partial charge on any atom is -0.383 e. The van der Waals surface area contributed by atoms with Crippen LogP contribution in [0.4, 0.5) is 11.5 Å². The summed E-state index contributed by atoms with van der Waals surface area (Å²) in [5.74, 6) is -1.69. The fourth-order valence-corrected chi connectivity index (χ4v) is 4.49. The van der Waals surface area contributed by atoms with Crippen LogP contribution < -0.4 is 21.9 Å². The molecule has 0 unspecified atom stereocenters. The van der Waals surface area contributed by atoms with Crippen molar-refractivity contribution in [3.05, 3.63) is 33.0 Å². The number of likely N-dealkylation sites (tertiary alicyclic amines) is 1. The lowest BCUT2D eigenvalue weighted by Crippen LogP contribution is -2.44. The van der Waals surface area contributed by atoms with Gasteiger partial charge in [0.25, 0.3) is 5.56 Å². The summed E-state index contributed by atoms with van der Waals surface area (Å²) in [5, 5.41) is 0. The molecule has 1 aromatic heterocycles. The Labute approximate surface area is 192 Å². The first-order valence-corrected chi connectivity index (χ1v) is 11.6. The van der Waals surface area contributed by atoms with Gasteiger partial charge in [-0.15, -0.1) is 0 Å². The second-order valence-electron chi connectivity index (χ2n) is 9.13. The smallest absolute Gasteiger partial charge is 0.330 e. The Morgan fingerprint density at radius 1 is 1.12 bits per heavy atom. The Balaban J connectivity index is 1.84. The molecule has 1 aliphatic carbocycles. The average molecular weight is 460 g/mol. The first-order chi connectivity index (χ1) is 15.7. The second kappa shape index (κ2) is 10.2. The number of unbranched alkanes of at least 4 members (excludes halogenated alkanes) is 1. The molecule has 2 heterocycles. The van der Waals surface area contributed by atoms with Crippen molar-refractivity contribution < 1.29 is 14.4 Å². The highest BCUT2D eigenvalue weighted by Crippen LogP contribution is 2.35. The lowest BCUT2D eigenvalue weighted by atomic mass is 9.85. The van der Waals surface area contributed by atoms with Gasteiger partial charge in [0, 0.05) is 26.1 Å². The van der Waals surface area contributed by atoms with Crippen LogP contribution in [0.5, 0.6) is 0 Å². The molecule has 0 spiro atoms. The summed E-state index contributed by atoms with van der Waals surface area (Å²) in [6.45, 7) is 6.23. The van der Waals surface area contributed by atoms with Crippen LogP contribution in [0, 0.1) is 17.8 Å². The molecule has 0 aromatic carbocycles. The predicted octanol–water partition coefficient (Wildman–Crippen LogP) is 1.25. The lowest BCUT2D eigenvalue weighted by Gasteiger charge is -2.27. The Morgan fingerprint density at radius 3 is 2.27 bits per heavy atom. The molecule has 180 valence electrons. The van der Waals surface area contributed by atoms with Crippen LogP contribution in [-0.2, 0) is 20.9 Å². The highest BCUT2D eigenvalue weighted by Gasteiger charge is 2.47. The molecular weight excluding hydrogens is 426 g/mol. The van der Waals surface area contributed by atoms with Crippen molar-refractivity contribution in [3.8, 4) is 0 Å². The monoisotopic (exact) mass is 459 g/mol. The van der Waals surface area contributed by atoms with Crippen LogP contribution in [0.3, 0.4) is 0 Å². The number of nitrogens with two attached hydrogens (primary N) is 1. The first kappa shape index (κ1) is 24.5. The molecule has 2 atom stereocenters. The number of aromatic nitrogens is 2. The first-order valence-electron chi connectivity index (χ1n) is 11.6. The van der Waals surface area contributed by atoms with E-state index in [0.717, 1.165) is 6.42 Å². The van der Waals surface area contributed by atoms with E-state index in [2.05, 4.69) is 4.98 Å². The summed E-state index contributed by atoms with van der Waals surface area (Å²) >= 11 is 0. The lowest BCUT2D eigenvalue weighted by molar-refractivity contribution is -0.140. The van der Waals surface area contributed by atoms with Crippen molar-refractivity contribution in [1.29, 1.82) is 0 Å². The highest BCUT2D eigenvalue weighted by molar-refractivity contribution is 6.06. The van der Waals surface area contributed by atoms with Crippen LogP contribution in [0.25, 0.3) is 0 Å². The third-order valence-electron chi connectivity index (χ3n) is 6.22. The number of hydrogen-bond acceptors (Lipinski definition) is 6. The largest absolute Gasteiger partial charge is 0.383 e. The summed E-state index contributed by atoms with van der Waals surface area (Å²) in [6, 6.07) is 0. The van der Waals surface area contributed by atoms with Crippen molar-refractivity contribution in [1.82, 2.24) is 14.5 Å². The van der Waals surface area contributed by atoms with Gasteiger partial charge < -0.3 is 10.6 Å². The zero-order valence-electron chi connectivity index (χ0n) is 19.5. The molecule has 3 N–H and O–H groups in total. The Kier molecular flexibility index (Phi) is 7.55. The summed E-state index contributed by atoms with van der Waals surface area (Å²) in [4.78, 5) is 68.3. The molecular formula is C23H33N5O5. The number of aromatic amines is 1. The van der Waals surface area contributed by atoms with E-state index < -0.39 is 17.2 Å². The van der Waals surface area contributed by atoms with Gasteiger partial charge >= 0.3 is 5.69 Å². The number of amides is 3. The number of nitrogen functional groups attached to an aromatic ring is 1. The fourth-order valence-electron chi connectivity index (χ4n) is 4.49. The third-order valence-corrected chi connectivity index (χ3v) is 6.22. The molecule has 1 aliphatic heterocycles. The molecule has 1 fully saturated rings. The molecule has 2 aliphatic rings. The van der Waals surface area contributed by atoms with Crippen LogP contribution in [0.1, 0.15) is 52.9 Å². The van der Waals surface area contributed by atoms with Crippen LogP contribution >= 0.6 is 0 Å². The topological polar surface area (TPSA) is 139 Å². The summed E-state index contributed by atoms with van der Waals surface area (Å²) in [6.07, 6.45) is 6.26. The van der Waals surface area contributed by atoms with E-state index in [1.54, 1.807) is 0 Å². The number of anilines is 2. The van der Waals surface area contributed by atoms with Gasteiger partial charge in [-0.3, -0.25) is 33.6 Å². The number of fused-ring (bicyclic) bond motifs is 1. The van der Waals surface area contributed by atoms with Crippen molar-refractivity contribution >= 4 is 29.2 Å². The molecule has 10 nitrogen and oxygen atoms in total. The van der Waals surface area contributed by atoms with Crippen molar-refractivity contribution in [2.45, 2.75) is 59.4 Å². The quantitative estimate of drug-likeness (QED) is 0.421. The minimum atomic E-state index is -0.732. The highest BCUT2D eigenvalue weighted by atomic mass is 16.2. The van der Waals surface area contributed by atoms with Gasteiger partial charge in [0.1, 0.15) is 5.82 Å². The van der Waals surface area contributed by atoms with Gasteiger partial charge in [-0.2, -0.15) is 0 Å². The second-order valence-corrected chi connectivity index (χ2v) is 9.13. The summed E-state index contributed by atoms with van der Waals surface area (Å²) < 4.78 is 1.27. The van der Waals surface area contributed by atoms with Crippen molar-refractivity contribution in [2.24, 2.45) is 17.8 Å². The Hall–Kier alpha value is -3.17. The number of carbonyl (C=O) groups excluding carboxylic acids is 3. The number of hydrogen-bond donors (Lipinski definition) is 2. The Morgan fingerprint density at radius 2 is 1.73 bits per heavy atom. The van der Waals surface area contributed by atoms with E-state index in [1.807, 2.05) is 32.9 Å². The fraction of sp³-hybridized carbons (Fsp3) is 0.609. The standard InChI is InChI=1S/C23H33N5O5/c1-4-5-11-26-19(24)18(20(30)25-23(26)33)28(13-14(2)3)17(29)10-12-27-21(31)15-8-6-7-9-16(15)22(27)32/h6-7,14-16H,4-5,8-13,24H2,1-3H3,(H,25,30,33)/t15-,16+. The van der Waals surface area contributed by atoms with E-state index in [1.165, 1.54) is 14.4 Å². The number of nitrogens with one attached hydrogen (secondary N) is 1. The van der Waals surface area contributed by atoms with E-state index in [4.69, 9.17) is 5.73 Å². The van der Waals surface area contributed by atoms with E-state index in [0.29, 0.717) is 25.8 Å².